The summed E-state index contributed by atoms with van der Waals surface area (Å²) < 4.78 is 0. The van der Waals surface area contributed by atoms with E-state index in [0.29, 0.717) is 11.7 Å². The summed E-state index contributed by atoms with van der Waals surface area (Å²) in [5.41, 5.74) is 6.85. The molecule has 1 amide bonds. The second-order valence-electron chi connectivity index (χ2n) is 6.50. The van der Waals surface area contributed by atoms with Crippen molar-refractivity contribution in [2.45, 2.75) is 38.8 Å². The molecule has 0 saturated carbocycles. The van der Waals surface area contributed by atoms with Gasteiger partial charge in [-0.25, -0.2) is 0 Å². The number of aromatic nitrogens is 4. The van der Waals surface area contributed by atoms with Crippen molar-refractivity contribution in [3.8, 4) is 11.4 Å². The molecule has 1 fully saturated rings. The van der Waals surface area contributed by atoms with Gasteiger partial charge in [-0.1, -0.05) is 30.3 Å². The highest BCUT2D eigenvalue weighted by Crippen LogP contribution is 2.22. The first-order chi connectivity index (χ1) is 11.6. The Balaban J connectivity index is 1.65. The zero-order valence-electron chi connectivity index (χ0n) is 14.2. The van der Waals surface area contributed by atoms with E-state index in [1.807, 2.05) is 49.1 Å². The molecule has 7 nitrogen and oxygen atoms in total. The summed E-state index contributed by atoms with van der Waals surface area (Å²) in [5.74, 6) is 1.07. The lowest BCUT2D eigenvalue weighted by atomic mass is 9.91. The predicted molar refractivity (Wildman–Crippen MR) is 90.9 cm³/mol. The molecule has 24 heavy (non-hydrogen) atoms. The third-order valence-corrected chi connectivity index (χ3v) is 4.76. The average molecular weight is 328 g/mol. The molecule has 1 saturated heterocycles. The first kappa shape index (κ1) is 16.6. The summed E-state index contributed by atoms with van der Waals surface area (Å²) >= 11 is 0. The quantitative estimate of drug-likeness (QED) is 0.918. The van der Waals surface area contributed by atoms with Crippen molar-refractivity contribution in [1.82, 2.24) is 25.1 Å². The van der Waals surface area contributed by atoms with Gasteiger partial charge in [-0.15, -0.1) is 10.2 Å². The molecule has 7 heteroatoms. The monoisotopic (exact) mass is 328 g/mol. The van der Waals surface area contributed by atoms with Gasteiger partial charge in [0.15, 0.2) is 0 Å². The molecule has 0 radical (unpaired) electrons. The number of carbonyl (C=O) groups excluding carboxylic acids is 1. The number of benzene rings is 1. The molecule has 2 heterocycles. The smallest absolute Gasteiger partial charge is 0.249 e. The van der Waals surface area contributed by atoms with Gasteiger partial charge in [0.25, 0.3) is 0 Å². The molecule has 128 valence electrons. The van der Waals surface area contributed by atoms with Gasteiger partial charge >= 0.3 is 0 Å². The fourth-order valence-corrected chi connectivity index (χ4v) is 3.10. The normalized spacial score (nSPS) is 18.4. The van der Waals surface area contributed by atoms with Crippen LogP contribution in [0.1, 0.15) is 32.7 Å². The van der Waals surface area contributed by atoms with Crippen LogP contribution >= 0.6 is 0 Å². The maximum Gasteiger partial charge on any atom is 0.249 e. The first-order valence-electron chi connectivity index (χ1n) is 8.45. The van der Waals surface area contributed by atoms with Gasteiger partial charge in [0.05, 0.1) is 0 Å². The van der Waals surface area contributed by atoms with Crippen LogP contribution in [0, 0.1) is 5.92 Å². The molecule has 2 aromatic rings. The third kappa shape index (κ3) is 3.46. The van der Waals surface area contributed by atoms with Crippen molar-refractivity contribution in [2.24, 2.45) is 11.7 Å². The third-order valence-electron chi connectivity index (χ3n) is 4.76. The van der Waals surface area contributed by atoms with Gasteiger partial charge in [-0.3, -0.25) is 4.79 Å². The van der Waals surface area contributed by atoms with Crippen LogP contribution in [0.15, 0.2) is 30.3 Å². The van der Waals surface area contributed by atoms with Crippen LogP contribution < -0.4 is 5.73 Å². The van der Waals surface area contributed by atoms with E-state index in [-0.39, 0.29) is 11.9 Å². The van der Waals surface area contributed by atoms with Crippen LogP contribution in [-0.4, -0.2) is 50.1 Å². The number of carbonyl (C=O) groups is 1. The van der Waals surface area contributed by atoms with Gasteiger partial charge < -0.3 is 10.6 Å². The summed E-state index contributed by atoms with van der Waals surface area (Å²) in [7, 11) is 0. The molecule has 1 aromatic heterocycles. The summed E-state index contributed by atoms with van der Waals surface area (Å²) in [6, 6.07) is 9.36. The van der Waals surface area contributed by atoms with E-state index >= 15 is 0 Å². The number of rotatable bonds is 4. The van der Waals surface area contributed by atoms with Crippen LogP contribution in [0.3, 0.4) is 0 Å². The molecule has 1 aliphatic heterocycles. The SMILES string of the molecule is CC(N)C1CCN(C(=O)C(C)n2nnc(-c3ccccc3)n2)CC1. The Morgan fingerprint density at radius 1 is 1.21 bits per heavy atom. The van der Waals surface area contributed by atoms with Crippen LogP contribution in [0.5, 0.6) is 0 Å². The molecular formula is C17H24N6O. The minimum absolute atomic E-state index is 0.0372. The molecule has 1 aliphatic rings. The van der Waals surface area contributed by atoms with Crippen molar-refractivity contribution in [1.29, 1.82) is 0 Å². The molecule has 0 aliphatic carbocycles. The Hall–Kier alpha value is -2.28. The van der Waals surface area contributed by atoms with E-state index in [4.69, 9.17) is 5.73 Å². The molecule has 0 bridgehead atoms. The fourth-order valence-electron chi connectivity index (χ4n) is 3.10. The second-order valence-corrected chi connectivity index (χ2v) is 6.50. The maximum atomic E-state index is 12.7. The summed E-state index contributed by atoms with van der Waals surface area (Å²) in [6.07, 6.45) is 1.91. The molecule has 2 N–H and O–H groups in total. The van der Waals surface area contributed by atoms with Crippen molar-refractivity contribution in [2.75, 3.05) is 13.1 Å². The Bertz CT molecular complexity index is 675. The minimum atomic E-state index is -0.457. The van der Waals surface area contributed by atoms with Crippen molar-refractivity contribution in [3.05, 3.63) is 30.3 Å². The number of likely N-dealkylation sites (tertiary alicyclic amines) is 1. The van der Waals surface area contributed by atoms with Gasteiger partial charge in [0.1, 0.15) is 6.04 Å². The highest BCUT2D eigenvalue weighted by atomic mass is 16.2. The van der Waals surface area contributed by atoms with Crippen LogP contribution in [0.2, 0.25) is 0 Å². The Labute approximate surface area is 141 Å². The molecule has 1 aromatic carbocycles. The lowest BCUT2D eigenvalue weighted by Crippen LogP contribution is -2.45. The van der Waals surface area contributed by atoms with E-state index in [0.717, 1.165) is 31.5 Å². The van der Waals surface area contributed by atoms with E-state index in [1.165, 1.54) is 4.80 Å². The minimum Gasteiger partial charge on any atom is -0.341 e. The predicted octanol–water partition coefficient (Wildman–Crippen LogP) is 1.49. The molecule has 3 rings (SSSR count). The zero-order valence-corrected chi connectivity index (χ0v) is 14.2. The molecule has 2 atom stereocenters. The highest BCUT2D eigenvalue weighted by Gasteiger charge is 2.29. The van der Waals surface area contributed by atoms with Crippen molar-refractivity contribution in [3.63, 3.8) is 0 Å². The Morgan fingerprint density at radius 2 is 1.88 bits per heavy atom. The lowest BCUT2D eigenvalue weighted by molar-refractivity contribution is -0.136. The maximum absolute atomic E-state index is 12.7. The van der Waals surface area contributed by atoms with E-state index in [2.05, 4.69) is 15.4 Å². The fraction of sp³-hybridized carbons (Fsp3) is 0.529. The summed E-state index contributed by atoms with van der Waals surface area (Å²) in [4.78, 5) is 16.0. The number of nitrogens with two attached hydrogens (primary N) is 1. The summed E-state index contributed by atoms with van der Waals surface area (Å²) in [6.45, 7) is 5.34. The largest absolute Gasteiger partial charge is 0.341 e. The van der Waals surface area contributed by atoms with Gasteiger partial charge in [0.2, 0.25) is 11.7 Å². The number of tetrazole rings is 1. The Morgan fingerprint density at radius 3 is 2.50 bits per heavy atom. The zero-order chi connectivity index (χ0) is 17.1. The molecule has 0 spiro atoms. The van der Waals surface area contributed by atoms with E-state index < -0.39 is 6.04 Å². The Kier molecular flexibility index (Phi) is 4.89. The van der Waals surface area contributed by atoms with Crippen LogP contribution in [0.25, 0.3) is 11.4 Å². The van der Waals surface area contributed by atoms with Crippen molar-refractivity contribution >= 4 is 5.91 Å². The number of nitrogens with zero attached hydrogens (tertiary/aromatic N) is 5. The summed E-state index contributed by atoms with van der Waals surface area (Å²) in [5, 5.41) is 12.5. The topological polar surface area (TPSA) is 89.9 Å². The lowest BCUT2D eigenvalue weighted by Gasteiger charge is -2.34. The average Bonchev–Trinajstić information content (AvgIpc) is 3.11. The van der Waals surface area contributed by atoms with Gasteiger partial charge in [-0.2, -0.15) is 4.80 Å². The number of hydrogen-bond acceptors (Lipinski definition) is 5. The molecular weight excluding hydrogens is 304 g/mol. The number of piperidine rings is 1. The van der Waals surface area contributed by atoms with Gasteiger partial charge in [0, 0.05) is 24.7 Å². The van der Waals surface area contributed by atoms with Crippen LogP contribution in [0.4, 0.5) is 0 Å². The van der Waals surface area contributed by atoms with Gasteiger partial charge in [-0.05, 0) is 37.8 Å². The first-order valence-corrected chi connectivity index (χ1v) is 8.45. The van der Waals surface area contributed by atoms with Crippen molar-refractivity contribution < 1.29 is 4.79 Å². The van der Waals surface area contributed by atoms with E-state index in [9.17, 15) is 4.79 Å². The standard InChI is InChI=1S/C17H24N6O/c1-12(18)14-8-10-22(11-9-14)17(24)13(2)23-20-16(19-21-23)15-6-4-3-5-7-15/h3-7,12-14H,8-11,18H2,1-2H3. The number of amides is 1. The highest BCUT2D eigenvalue weighted by molar-refractivity contribution is 5.80. The number of hydrogen-bond donors (Lipinski definition) is 1. The molecule has 2 unspecified atom stereocenters. The second kappa shape index (κ2) is 7.09. The van der Waals surface area contributed by atoms with E-state index in [1.54, 1.807) is 0 Å². The van der Waals surface area contributed by atoms with Crippen LogP contribution in [-0.2, 0) is 4.79 Å².